The smallest absolute Gasteiger partial charge is 0.404 e. The van der Waals surface area contributed by atoms with E-state index in [-0.39, 0.29) is 35.9 Å². The second-order valence-electron chi connectivity index (χ2n) is 9.98. The summed E-state index contributed by atoms with van der Waals surface area (Å²) in [5.74, 6) is -1.34. The minimum atomic E-state index is -0.868. The average molecular weight is 558 g/mol. The Balaban J connectivity index is 1.81. The zero-order valence-electron chi connectivity index (χ0n) is 21.8. The van der Waals surface area contributed by atoms with E-state index >= 15 is 0 Å². The molecule has 6 nitrogen and oxygen atoms in total. The third-order valence-electron chi connectivity index (χ3n) is 7.32. The summed E-state index contributed by atoms with van der Waals surface area (Å²) in [6.45, 7) is 0.869. The topological polar surface area (TPSA) is 77.6 Å². The molecule has 1 fully saturated rings. The lowest BCUT2D eigenvalue weighted by atomic mass is 9.81. The van der Waals surface area contributed by atoms with Gasteiger partial charge in [-0.25, -0.2) is 13.6 Å². The van der Waals surface area contributed by atoms with Crippen molar-refractivity contribution in [2.45, 2.75) is 51.1 Å². The molecule has 2 amide bonds. The standard InChI is InChI=1S/C30H34ClF2N3O3/c31-18-28(37)36(14-7-15-39-30(34)38)29(22-10-5-2-6-11-22)27-16-23(25-17-24(32)12-13-26(25)33)20-35(27)19-21-8-3-1-4-9-21/h1,3-4,8-9,12-13,16-17,20,22,29H,2,5-7,10-11,14-15,18-19H2,(H2,34,38)/t29-/m1/s1. The van der Waals surface area contributed by atoms with Gasteiger partial charge in [0.25, 0.3) is 0 Å². The van der Waals surface area contributed by atoms with Gasteiger partial charge in [-0.3, -0.25) is 4.79 Å². The number of rotatable bonds is 11. The first-order chi connectivity index (χ1) is 18.9. The number of benzene rings is 2. The van der Waals surface area contributed by atoms with Crippen LogP contribution in [0.15, 0.2) is 60.8 Å². The molecule has 0 radical (unpaired) electrons. The first-order valence-corrected chi connectivity index (χ1v) is 13.9. The van der Waals surface area contributed by atoms with Gasteiger partial charge in [0.15, 0.2) is 0 Å². The number of aromatic nitrogens is 1. The van der Waals surface area contributed by atoms with E-state index in [1.54, 1.807) is 4.90 Å². The third-order valence-corrected chi connectivity index (χ3v) is 7.55. The average Bonchev–Trinajstić information content (AvgIpc) is 3.34. The van der Waals surface area contributed by atoms with E-state index in [9.17, 15) is 18.4 Å². The van der Waals surface area contributed by atoms with Gasteiger partial charge in [0.05, 0.1) is 12.6 Å². The molecule has 1 atom stereocenters. The van der Waals surface area contributed by atoms with Gasteiger partial charge < -0.3 is 19.9 Å². The lowest BCUT2D eigenvalue weighted by molar-refractivity contribution is -0.133. The minimum Gasteiger partial charge on any atom is -0.450 e. The summed E-state index contributed by atoms with van der Waals surface area (Å²) in [4.78, 5) is 26.1. The van der Waals surface area contributed by atoms with Crippen molar-refractivity contribution >= 4 is 23.6 Å². The van der Waals surface area contributed by atoms with Crippen LogP contribution in [0.1, 0.15) is 55.8 Å². The highest BCUT2D eigenvalue weighted by atomic mass is 35.5. The van der Waals surface area contributed by atoms with E-state index in [2.05, 4.69) is 0 Å². The van der Waals surface area contributed by atoms with Crippen LogP contribution < -0.4 is 5.73 Å². The molecule has 0 aliphatic heterocycles. The highest BCUT2D eigenvalue weighted by molar-refractivity contribution is 6.27. The van der Waals surface area contributed by atoms with E-state index in [1.165, 1.54) is 6.07 Å². The summed E-state index contributed by atoms with van der Waals surface area (Å²) in [7, 11) is 0. The number of primary amides is 1. The normalized spacial score (nSPS) is 14.6. The summed E-state index contributed by atoms with van der Waals surface area (Å²) in [5, 5.41) is 0. The molecule has 1 heterocycles. The summed E-state index contributed by atoms with van der Waals surface area (Å²) in [5.41, 5.74) is 7.68. The van der Waals surface area contributed by atoms with E-state index < -0.39 is 17.7 Å². The van der Waals surface area contributed by atoms with Gasteiger partial charge in [-0.2, -0.15) is 0 Å². The first-order valence-electron chi connectivity index (χ1n) is 13.3. The molecule has 1 aliphatic carbocycles. The molecule has 4 rings (SSSR count). The Kier molecular flexibility index (Phi) is 9.98. The zero-order chi connectivity index (χ0) is 27.8. The Bertz CT molecular complexity index is 1260. The van der Waals surface area contributed by atoms with E-state index in [0.29, 0.717) is 25.1 Å². The molecular weight excluding hydrogens is 524 g/mol. The van der Waals surface area contributed by atoms with E-state index in [1.807, 2.05) is 47.2 Å². The number of carbonyl (C=O) groups is 2. The van der Waals surface area contributed by atoms with Gasteiger partial charge in [0.1, 0.15) is 17.5 Å². The summed E-state index contributed by atoms with van der Waals surface area (Å²) < 4.78 is 36.0. The van der Waals surface area contributed by atoms with E-state index in [4.69, 9.17) is 22.1 Å². The number of halogens is 3. The zero-order valence-corrected chi connectivity index (χ0v) is 22.6. The van der Waals surface area contributed by atoms with Crippen LogP contribution in [0, 0.1) is 17.6 Å². The second-order valence-corrected chi connectivity index (χ2v) is 10.2. The highest BCUT2D eigenvalue weighted by Crippen LogP contribution is 2.41. The molecule has 208 valence electrons. The predicted molar refractivity (Wildman–Crippen MR) is 147 cm³/mol. The van der Waals surface area contributed by atoms with Gasteiger partial charge in [0, 0.05) is 36.1 Å². The Morgan fingerprint density at radius 1 is 1.08 bits per heavy atom. The lowest BCUT2D eigenvalue weighted by Crippen LogP contribution is -2.42. The molecule has 1 aromatic heterocycles. The van der Waals surface area contributed by atoms with Gasteiger partial charge in [-0.1, -0.05) is 49.6 Å². The fourth-order valence-corrected chi connectivity index (χ4v) is 5.72. The number of nitrogens with zero attached hydrogens (tertiary/aromatic N) is 2. The quantitative estimate of drug-likeness (QED) is 0.212. The van der Waals surface area contributed by atoms with Gasteiger partial charge in [-0.05, 0) is 55.0 Å². The lowest BCUT2D eigenvalue weighted by Gasteiger charge is -2.39. The van der Waals surface area contributed by atoms with E-state index in [0.717, 1.165) is 55.5 Å². The summed E-state index contributed by atoms with van der Waals surface area (Å²) >= 11 is 6.09. The summed E-state index contributed by atoms with van der Waals surface area (Å²) in [6.07, 6.45) is 6.41. The molecule has 0 saturated heterocycles. The van der Waals surface area contributed by atoms with Crippen LogP contribution in [0.4, 0.5) is 13.6 Å². The number of nitrogens with two attached hydrogens (primary N) is 1. The molecule has 0 unspecified atom stereocenters. The maximum Gasteiger partial charge on any atom is 0.404 e. The molecule has 39 heavy (non-hydrogen) atoms. The molecule has 9 heteroatoms. The van der Waals surface area contributed by atoms with Crippen LogP contribution in [0.3, 0.4) is 0 Å². The van der Waals surface area contributed by atoms with Crippen molar-refractivity contribution in [1.29, 1.82) is 0 Å². The van der Waals surface area contributed by atoms with Crippen LogP contribution in [0.2, 0.25) is 0 Å². The minimum absolute atomic E-state index is 0.0730. The number of hydrogen-bond donors (Lipinski definition) is 1. The molecule has 0 bridgehead atoms. The van der Waals surface area contributed by atoms with Gasteiger partial charge >= 0.3 is 6.09 Å². The Hall–Kier alpha value is -3.39. The van der Waals surface area contributed by atoms with Crippen LogP contribution in [-0.4, -0.2) is 40.5 Å². The SMILES string of the molecule is NC(=O)OCCCN(C(=O)CCl)[C@@H](c1cc(-c2cc(F)ccc2F)cn1Cc1ccccc1)C1CCCCC1. The maximum atomic E-state index is 14.9. The summed E-state index contributed by atoms with van der Waals surface area (Å²) in [6, 6.07) is 14.8. The van der Waals surface area contributed by atoms with Crippen molar-refractivity contribution in [3.63, 3.8) is 0 Å². The van der Waals surface area contributed by atoms with Crippen molar-refractivity contribution in [2.75, 3.05) is 19.0 Å². The number of alkyl halides is 1. The fraction of sp³-hybridized carbons (Fsp3) is 0.400. The molecule has 2 aromatic carbocycles. The van der Waals surface area contributed by atoms with Crippen molar-refractivity contribution in [1.82, 2.24) is 9.47 Å². The largest absolute Gasteiger partial charge is 0.450 e. The van der Waals surface area contributed by atoms with Crippen LogP contribution in [0.5, 0.6) is 0 Å². The molecule has 2 N–H and O–H groups in total. The third kappa shape index (κ3) is 7.38. The van der Waals surface area contributed by atoms with Crippen molar-refractivity contribution in [2.24, 2.45) is 11.7 Å². The second kappa shape index (κ2) is 13.6. The predicted octanol–water partition coefficient (Wildman–Crippen LogP) is 6.66. The number of carbonyl (C=O) groups excluding carboxylic acids is 2. The first kappa shape index (κ1) is 28.6. The maximum absolute atomic E-state index is 14.9. The van der Waals surface area contributed by atoms with Crippen molar-refractivity contribution in [3.8, 4) is 11.1 Å². The Morgan fingerprint density at radius 2 is 1.82 bits per heavy atom. The molecular formula is C30H34ClF2N3O3. The van der Waals surface area contributed by atoms with Crippen LogP contribution >= 0.6 is 11.6 Å². The van der Waals surface area contributed by atoms with Crippen LogP contribution in [0.25, 0.3) is 11.1 Å². The molecule has 0 spiro atoms. The number of amides is 2. The highest BCUT2D eigenvalue weighted by Gasteiger charge is 2.35. The number of hydrogen-bond acceptors (Lipinski definition) is 3. The monoisotopic (exact) mass is 557 g/mol. The molecule has 3 aromatic rings. The fourth-order valence-electron chi connectivity index (χ4n) is 5.57. The van der Waals surface area contributed by atoms with Crippen molar-refractivity contribution in [3.05, 3.63) is 83.7 Å². The Morgan fingerprint density at radius 3 is 2.51 bits per heavy atom. The number of ether oxygens (including phenoxy) is 1. The van der Waals surface area contributed by atoms with Gasteiger partial charge in [-0.15, -0.1) is 11.6 Å². The molecule has 1 aliphatic rings. The van der Waals surface area contributed by atoms with Crippen LogP contribution in [-0.2, 0) is 16.1 Å². The Labute approximate surface area is 232 Å². The van der Waals surface area contributed by atoms with Crippen molar-refractivity contribution < 1.29 is 23.1 Å². The molecule has 1 saturated carbocycles. The van der Waals surface area contributed by atoms with Gasteiger partial charge in [0.2, 0.25) is 5.91 Å².